The van der Waals surface area contributed by atoms with Crippen LogP contribution in [0.4, 0.5) is 5.13 Å². The van der Waals surface area contributed by atoms with Crippen LogP contribution in [-0.2, 0) is 14.3 Å². The Morgan fingerprint density at radius 1 is 1.40 bits per heavy atom. The van der Waals surface area contributed by atoms with Gasteiger partial charge in [-0.05, 0) is 37.6 Å². The normalized spacial score (nSPS) is 11.7. The molecule has 0 aliphatic rings. The molecule has 0 saturated heterocycles. The fourth-order valence-electron chi connectivity index (χ4n) is 1.65. The molecule has 0 aliphatic carbocycles. The molecule has 134 valence electrons. The highest BCUT2D eigenvalue weighted by molar-refractivity contribution is 8.01. The molecule has 0 bridgehead atoms. The van der Waals surface area contributed by atoms with Gasteiger partial charge in [-0.15, -0.1) is 10.2 Å². The molecule has 1 aromatic heterocycles. The standard InChI is InChI=1S/C15H16ClN3O4S2/c1-8-6-10(4-5-11(8)16)23-9(2)13(21)17-14-18-19-15(25-14)24-7-12(20)22-3/h4-6,9H,7H2,1-3H3,(H,17,18,21)/t9-/m0/s1. The molecule has 1 atom stereocenters. The van der Waals surface area contributed by atoms with E-state index in [2.05, 4.69) is 20.3 Å². The molecular formula is C15H16ClN3O4S2. The molecule has 1 aromatic carbocycles. The fraction of sp³-hybridized carbons (Fsp3) is 0.333. The maximum Gasteiger partial charge on any atom is 0.316 e. The zero-order valence-corrected chi connectivity index (χ0v) is 16.1. The number of thioether (sulfide) groups is 1. The first-order chi connectivity index (χ1) is 11.9. The van der Waals surface area contributed by atoms with Crippen LogP contribution in [0.25, 0.3) is 0 Å². The second-order valence-electron chi connectivity index (χ2n) is 4.90. The van der Waals surface area contributed by atoms with Crippen molar-refractivity contribution in [2.75, 3.05) is 18.2 Å². The zero-order valence-electron chi connectivity index (χ0n) is 13.7. The third-order valence-corrected chi connectivity index (χ3v) is 5.36. The van der Waals surface area contributed by atoms with Crippen LogP contribution in [0.15, 0.2) is 22.5 Å². The summed E-state index contributed by atoms with van der Waals surface area (Å²) in [6.07, 6.45) is -0.726. The maximum absolute atomic E-state index is 12.2. The Hall–Kier alpha value is -1.84. The molecule has 7 nitrogen and oxygen atoms in total. The van der Waals surface area contributed by atoms with Gasteiger partial charge in [-0.2, -0.15) is 0 Å². The van der Waals surface area contributed by atoms with Gasteiger partial charge in [0.25, 0.3) is 5.91 Å². The van der Waals surface area contributed by atoms with Crippen LogP contribution in [-0.4, -0.2) is 41.0 Å². The number of ether oxygens (including phenoxy) is 2. The number of hydrogen-bond acceptors (Lipinski definition) is 8. The number of aromatic nitrogens is 2. The minimum absolute atomic E-state index is 0.133. The highest BCUT2D eigenvalue weighted by atomic mass is 35.5. The number of aryl methyl sites for hydroxylation is 1. The monoisotopic (exact) mass is 401 g/mol. The van der Waals surface area contributed by atoms with Crippen LogP contribution < -0.4 is 10.1 Å². The van der Waals surface area contributed by atoms with Crippen molar-refractivity contribution in [3.63, 3.8) is 0 Å². The number of carbonyl (C=O) groups excluding carboxylic acids is 2. The molecule has 1 amide bonds. The second-order valence-corrected chi connectivity index (χ2v) is 7.51. The van der Waals surface area contributed by atoms with Crippen molar-refractivity contribution in [1.82, 2.24) is 10.2 Å². The van der Waals surface area contributed by atoms with E-state index < -0.39 is 6.10 Å². The molecule has 0 saturated carbocycles. The van der Waals surface area contributed by atoms with E-state index in [1.807, 2.05) is 6.92 Å². The summed E-state index contributed by atoms with van der Waals surface area (Å²) >= 11 is 8.32. The lowest BCUT2D eigenvalue weighted by Crippen LogP contribution is -2.30. The molecular weight excluding hydrogens is 386 g/mol. The topological polar surface area (TPSA) is 90.4 Å². The van der Waals surface area contributed by atoms with Gasteiger partial charge >= 0.3 is 5.97 Å². The van der Waals surface area contributed by atoms with E-state index in [9.17, 15) is 9.59 Å². The first-order valence-corrected chi connectivity index (χ1v) is 9.34. The number of amides is 1. The lowest BCUT2D eigenvalue weighted by atomic mass is 10.2. The van der Waals surface area contributed by atoms with Crippen molar-refractivity contribution >= 4 is 51.7 Å². The third-order valence-electron chi connectivity index (χ3n) is 2.99. The Bertz CT molecular complexity index is 769. The number of hydrogen-bond donors (Lipinski definition) is 1. The number of nitrogens with zero attached hydrogens (tertiary/aromatic N) is 2. The highest BCUT2D eigenvalue weighted by Crippen LogP contribution is 2.26. The number of benzene rings is 1. The molecule has 2 aromatic rings. The summed E-state index contributed by atoms with van der Waals surface area (Å²) in [5, 5.41) is 11.4. The number of methoxy groups -OCH3 is 1. The Labute approximate surface area is 158 Å². The van der Waals surface area contributed by atoms with Crippen molar-refractivity contribution in [2.45, 2.75) is 24.3 Å². The largest absolute Gasteiger partial charge is 0.481 e. The van der Waals surface area contributed by atoms with Crippen molar-refractivity contribution in [3.8, 4) is 5.75 Å². The second kappa shape index (κ2) is 9.02. The minimum Gasteiger partial charge on any atom is -0.481 e. The SMILES string of the molecule is COC(=O)CSc1nnc(NC(=O)[C@H](C)Oc2ccc(Cl)c(C)c2)s1. The lowest BCUT2D eigenvalue weighted by molar-refractivity contribution is -0.137. The number of anilines is 1. The maximum atomic E-state index is 12.2. The van der Waals surface area contributed by atoms with Gasteiger partial charge in [0.2, 0.25) is 5.13 Å². The number of halogens is 1. The van der Waals surface area contributed by atoms with Crippen molar-refractivity contribution < 1.29 is 19.1 Å². The van der Waals surface area contributed by atoms with Gasteiger partial charge in [0.15, 0.2) is 10.4 Å². The Kier molecular flexibility index (Phi) is 7.03. The average molecular weight is 402 g/mol. The van der Waals surface area contributed by atoms with Gasteiger partial charge in [-0.3, -0.25) is 14.9 Å². The number of rotatable bonds is 7. The van der Waals surface area contributed by atoms with E-state index >= 15 is 0 Å². The van der Waals surface area contributed by atoms with Gasteiger partial charge in [0, 0.05) is 5.02 Å². The summed E-state index contributed by atoms with van der Waals surface area (Å²) in [6.45, 7) is 3.49. The predicted molar refractivity (Wildman–Crippen MR) is 97.6 cm³/mol. The van der Waals surface area contributed by atoms with E-state index in [-0.39, 0.29) is 17.6 Å². The van der Waals surface area contributed by atoms with Crippen LogP contribution in [0.3, 0.4) is 0 Å². The van der Waals surface area contributed by atoms with Gasteiger partial charge in [0.05, 0.1) is 12.9 Å². The van der Waals surface area contributed by atoms with E-state index in [0.29, 0.717) is 20.2 Å². The molecule has 0 fully saturated rings. The molecule has 10 heteroatoms. The highest BCUT2D eigenvalue weighted by Gasteiger charge is 2.17. The van der Waals surface area contributed by atoms with E-state index in [1.54, 1.807) is 25.1 Å². The smallest absolute Gasteiger partial charge is 0.316 e. The van der Waals surface area contributed by atoms with Crippen molar-refractivity contribution in [1.29, 1.82) is 0 Å². The summed E-state index contributed by atoms with van der Waals surface area (Å²) in [6, 6.07) is 5.18. The average Bonchev–Trinajstić information content (AvgIpc) is 3.03. The van der Waals surface area contributed by atoms with Gasteiger partial charge in [0.1, 0.15) is 5.75 Å². The zero-order chi connectivity index (χ0) is 18.4. The predicted octanol–water partition coefficient (Wildman–Crippen LogP) is 3.17. The number of carbonyl (C=O) groups is 2. The van der Waals surface area contributed by atoms with Crippen LogP contribution in [0.1, 0.15) is 12.5 Å². The molecule has 0 unspecified atom stereocenters. The number of nitrogens with one attached hydrogen (secondary N) is 1. The summed E-state index contributed by atoms with van der Waals surface area (Å²) < 4.78 is 10.7. The molecule has 0 spiro atoms. The van der Waals surface area contributed by atoms with Gasteiger partial charge < -0.3 is 9.47 Å². The van der Waals surface area contributed by atoms with Crippen molar-refractivity contribution in [2.24, 2.45) is 0 Å². The van der Waals surface area contributed by atoms with Crippen LogP contribution in [0, 0.1) is 6.92 Å². The molecule has 0 radical (unpaired) electrons. The van der Waals surface area contributed by atoms with Crippen LogP contribution in [0.5, 0.6) is 5.75 Å². The van der Waals surface area contributed by atoms with Crippen LogP contribution in [0.2, 0.25) is 5.02 Å². The fourth-order valence-corrected chi connectivity index (χ4v) is 3.36. The third kappa shape index (κ3) is 5.87. The van der Waals surface area contributed by atoms with Gasteiger partial charge in [-0.1, -0.05) is 34.7 Å². The number of esters is 1. The summed E-state index contributed by atoms with van der Waals surface area (Å²) in [4.78, 5) is 23.3. The summed E-state index contributed by atoms with van der Waals surface area (Å²) in [5.74, 6) is -0.0235. The molecule has 1 N–H and O–H groups in total. The summed E-state index contributed by atoms with van der Waals surface area (Å²) in [5.41, 5.74) is 0.864. The Morgan fingerprint density at radius 3 is 2.84 bits per heavy atom. The Balaban J connectivity index is 1.89. The van der Waals surface area contributed by atoms with E-state index in [4.69, 9.17) is 16.3 Å². The van der Waals surface area contributed by atoms with E-state index in [1.165, 1.54) is 30.2 Å². The quantitative estimate of drug-likeness (QED) is 0.433. The van der Waals surface area contributed by atoms with Crippen molar-refractivity contribution in [3.05, 3.63) is 28.8 Å². The lowest BCUT2D eigenvalue weighted by Gasteiger charge is -2.14. The Morgan fingerprint density at radius 2 is 2.16 bits per heavy atom. The molecule has 1 heterocycles. The van der Waals surface area contributed by atoms with E-state index in [0.717, 1.165) is 5.56 Å². The summed E-state index contributed by atoms with van der Waals surface area (Å²) in [7, 11) is 1.32. The first kappa shape index (κ1) is 19.5. The molecule has 25 heavy (non-hydrogen) atoms. The van der Waals surface area contributed by atoms with Gasteiger partial charge in [-0.25, -0.2) is 0 Å². The first-order valence-electron chi connectivity index (χ1n) is 7.16. The minimum atomic E-state index is -0.726. The molecule has 0 aliphatic heterocycles. The molecule has 2 rings (SSSR count). The van der Waals surface area contributed by atoms with Crippen LogP contribution >= 0.6 is 34.7 Å².